The second-order valence-corrected chi connectivity index (χ2v) is 1.89. The molecule has 0 amide bonds. The van der Waals surface area contributed by atoms with E-state index in [1.165, 1.54) is 11.1 Å². The summed E-state index contributed by atoms with van der Waals surface area (Å²) in [7, 11) is 0. The van der Waals surface area contributed by atoms with Gasteiger partial charge in [-0.3, -0.25) is 0 Å². The fourth-order valence-corrected chi connectivity index (χ4v) is 0.534. The Labute approximate surface area is 69.9 Å². The van der Waals surface area contributed by atoms with Gasteiger partial charge in [0.15, 0.2) is 0 Å². The lowest BCUT2D eigenvalue weighted by Gasteiger charge is -1.78. The van der Waals surface area contributed by atoms with Crippen molar-refractivity contribution in [1.29, 1.82) is 0 Å². The lowest BCUT2D eigenvalue weighted by Crippen LogP contribution is -2.06. The largest absolute Gasteiger partial charge is 0.323 e. The number of hydrogen-bond donors (Lipinski definition) is 1. The van der Waals surface area contributed by atoms with Crippen molar-refractivity contribution in [3.8, 4) is 0 Å². The molecular formula is C7H9N5. The van der Waals surface area contributed by atoms with Crippen molar-refractivity contribution in [2.75, 3.05) is 5.84 Å². The van der Waals surface area contributed by atoms with Crippen LogP contribution in [-0.4, -0.2) is 19.9 Å². The molecule has 5 nitrogen and oxygen atoms in total. The molecular weight excluding hydrogens is 154 g/mol. The number of hydrogen-bond acceptors (Lipinski definition) is 4. The second-order valence-electron chi connectivity index (χ2n) is 1.89. The van der Waals surface area contributed by atoms with Gasteiger partial charge in [0, 0.05) is 18.6 Å². The summed E-state index contributed by atoms with van der Waals surface area (Å²) in [5.41, 5.74) is 0. The van der Waals surface area contributed by atoms with Crippen molar-refractivity contribution < 1.29 is 0 Å². The minimum absolute atomic E-state index is 1.25. The fraction of sp³-hybridized carbons (Fsp3) is 0. The molecule has 0 fully saturated rings. The van der Waals surface area contributed by atoms with Gasteiger partial charge >= 0.3 is 0 Å². The molecule has 0 aromatic carbocycles. The van der Waals surface area contributed by atoms with Gasteiger partial charge in [0.05, 0.1) is 6.20 Å². The Kier molecular flexibility index (Phi) is 3.30. The summed E-state index contributed by atoms with van der Waals surface area (Å²) < 4.78 is 0. The van der Waals surface area contributed by atoms with E-state index in [0.717, 1.165) is 0 Å². The summed E-state index contributed by atoms with van der Waals surface area (Å²) in [6.07, 6.45) is 8.17. The highest BCUT2D eigenvalue weighted by atomic mass is 15.5. The lowest BCUT2D eigenvalue weighted by molar-refractivity contribution is 0.832. The first-order valence-corrected chi connectivity index (χ1v) is 3.34. The van der Waals surface area contributed by atoms with Crippen LogP contribution in [0.1, 0.15) is 0 Å². The SMILES string of the molecule is Nn1cccn1.c1cncnc1. The summed E-state index contributed by atoms with van der Waals surface area (Å²) in [5, 5.41) is 3.61. The third-order valence-electron chi connectivity index (χ3n) is 1.00. The highest BCUT2D eigenvalue weighted by Crippen LogP contribution is 1.70. The first-order valence-electron chi connectivity index (χ1n) is 3.34. The van der Waals surface area contributed by atoms with Crippen LogP contribution in [0.3, 0.4) is 0 Å². The van der Waals surface area contributed by atoms with Crippen LogP contribution >= 0.6 is 0 Å². The molecule has 0 atom stereocenters. The van der Waals surface area contributed by atoms with Crippen LogP contribution in [0.15, 0.2) is 43.2 Å². The smallest absolute Gasteiger partial charge is 0.115 e. The predicted molar refractivity (Wildman–Crippen MR) is 44.4 cm³/mol. The molecule has 0 saturated carbocycles. The van der Waals surface area contributed by atoms with Gasteiger partial charge in [-0.25, -0.2) is 9.97 Å². The second kappa shape index (κ2) is 4.84. The average molecular weight is 163 g/mol. The summed E-state index contributed by atoms with van der Waals surface area (Å²) in [4.78, 5) is 8.60. The number of nitrogens with two attached hydrogens (primary N) is 1. The molecule has 12 heavy (non-hydrogen) atoms. The van der Waals surface area contributed by atoms with Crippen LogP contribution in [0.25, 0.3) is 0 Å². The van der Waals surface area contributed by atoms with E-state index in [1.54, 1.807) is 36.9 Å². The van der Waals surface area contributed by atoms with Gasteiger partial charge < -0.3 is 5.84 Å². The fourth-order valence-electron chi connectivity index (χ4n) is 0.534. The normalized spacial score (nSPS) is 8.33. The van der Waals surface area contributed by atoms with Crippen LogP contribution in [0.4, 0.5) is 0 Å². The van der Waals surface area contributed by atoms with Gasteiger partial charge in [0.25, 0.3) is 0 Å². The monoisotopic (exact) mass is 163 g/mol. The van der Waals surface area contributed by atoms with Crippen molar-refractivity contribution >= 4 is 0 Å². The molecule has 62 valence electrons. The Morgan fingerprint density at radius 2 is 1.75 bits per heavy atom. The van der Waals surface area contributed by atoms with E-state index in [4.69, 9.17) is 5.84 Å². The Morgan fingerprint density at radius 3 is 1.92 bits per heavy atom. The topological polar surface area (TPSA) is 69.6 Å². The Balaban J connectivity index is 0.000000120. The third kappa shape index (κ3) is 3.31. The van der Waals surface area contributed by atoms with E-state index in [9.17, 15) is 0 Å². The summed E-state index contributed by atoms with van der Waals surface area (Å²) in [5.74, 6) is 5.08. The first-order chi connectivity index (χ1) is 5.89. The minimum atomic E-state index is 1.25. The molecule has 5 heteroatoms. The Hall–Kier alpha value is -1.91. The lowest BCUT2D eigenvalue weighted by atomic mass is 10.7. The zero-order valence-corrected chi connectivity index (χ0v) is 6.41. The maximum Gasteiger partial charge on any atom is 0.115 e. The van der Waals surface area contributed by atoms with Crippen molar-refractivity contribution in [2.24, 2.45) is 0 Å². The van der Waals surface area contributed by atoms with Crippen molar-refractivity contribution in [3.05, 3.63) is 43.2 Å². The first kappa shape index (κ1) is 8.19. The third-order valence-corrected chi connectivity index (χ3v) is 1.00. The molecule has 2 aromatic heterocycles. The molecule has 0 bridgehead atoms. The van der Waals surface area contributed by atoms with Crippen molar-refractivity contribution in [3.63, 3.8) is 0 Å². The van der Waals surface area contributed by atoms with Crippen LogP contribution < -0.4 is 5.84 Å². The maximum atomic E-state index is 5.08. The number of rotatable bonds is 0. The Morgan fingerprint density at radius 1 is 1.00 bits per heavy atom. The molecule has 2 rings (SSSR count). The number of nitrogen functional groups attached to an aromatic ring is 1. The van der Waals surface area contributed by atoms with Crippen molar-refractivity contribution in [1.82, 2.24) is 19.9 Å². The zero-order valence-electron chi connectivity index (χ0n) is 6.41. The molecule has 0 spiro atoms. The maximum absolute atomic E-state index is 5.08. The van der Waals surface area contributed by atoms with Gasteiger partial charge in [-0.15, -0.1) is 0 Å². The van der Waals surface area contributed by atoms with Gasteiger partial charge in [0.2, 0.25) is 0 Å². The minimum Gasteiger partial charge on any atom is -0.323 e. The highest BCUT2D eigenvalue weighted by molar-refractivity contribution is 4.76. The summed E-state index contributed by atoms with van der Waals surface area (Å²) in [6, 6.07) is 3.54. The van der Waals surface area contributed by atoms with Crippen LogP contribution in [0.2, 0.25) is 0 Å². The Bertz CT molecular complexity index is 251. The molecule has 0 saturated heterocycles. The summed E-state index contributed by atoms with van der Waals surface area (Å²) in [6.45, 7) is 0. The molecule has 0 aliphatic heterocycles. The van der Waals surface area contributed by atoms with Crippen LogP contribution in [0.5, 0.6) is 0 Å². The molecule has 2 N–H and O–H groups in total. The zero-order chi connectivity index (χ0) is 8.65. The van der Waals surface area contributed by atoms with Gasteiger partial charge in [0.1, 0.15) is 6.33 Å². The van der Waals surface area contributed by atoms with E-state index in [2.05, 4.69) is 15.1 Å². The van der Waals surface area contributed by atoms with Gasteiger partial charge in [-0.1, -0.05) is 0 Å². The van der Waals surface area contributed by atoms with Crippen LogP contribution in [0, 0.1) is 0 Å². The standard InChI is InChI=1S/C4H4N2.C3H5N3/c1-2-5-4-6-3-1;4-6-3-1-2-5-6/h1-4H;1-3H,4H2. The van der Waals surface area contributed by atoms with E-state index in [-0.39, 0.29) is 0 Å². The van der Waals surface area contributed by atoms with E-state index >= 15 is 0 Å². The molecule has 0 radical (unpaired) electrons. The predicted octanol–water partition coefficient (Wildman–Crippen LogP) is 0.0735. The average Bonchev–Trinajstić information content (AvgIpc) is 2.60. The molecule has 0 aliphatic rings. The molecule has 2 heterocycles. The van der Waals surface area contributed by atoms with Gasteiger partial charge in [-0.2, -0.15) is 9.89 Å². The summed E-state index contributed by atoms with van der Waals surface area (Å²) >= 11 is 0. The van der Waals surface area contributed by atoms with Crippen LogP contribution in [-0.2, 0) is 0 Å². The van der Waals surface area contributed by atoms with Gasteiger partial charge in [-0.05, 0) is 12.1 Å². The van der Waals surface area contributed by atoms with E-state index in [0.29, 0.717) is 0 Å². The molecule has 0 unspecified atom stereocenters. The quantitative estimate of drug-likeness (QED) is 0.558. The number of aromatic nitrogens is 4. The van der Waals surface area contributed by atoms with E-state index < -0.39 is 0 Å². The molecule has 2 aromatic rings. The highest BCUT2D eigenvalue weighted by Gasteiger charge is 1.69. The van der Waals surface area contributed by atoms with Crippen molar-refractivity contribution in [2.45, 2.75) is 0 Å². The molecule has 0 aliphatic carbocycles. The number of nitrogens with zero attached hydrogens (tertiary/aromatic N) is 4. The van der Waals surface area contributed by atoms with E-state index in [1.807, 2.05) is 0 Å².